The van der Waals surface area contributed by atoms with Crippen molar-refractivity contribution >= 4 is 30.1 Å². The molecule has 0 spiro atoms. The summed E-state index contributed by atoms with van der Waals surface area (Å²) in [6.07, 6.45) is 1.60. The van der Waals surface area contributed by atoms with E-state index in [1.165, 1.54) is 4.90 Å². The molecular formula is C12H14ClNO2S. The fourth-order valence-corrected chi connectivity index (χ4v) is 1.80. The largest absolute Gasteiger partial charge is 0.395 e. The van der Waals surface area contributed by atoms with Gasteiger partial charge in [0.25, 0.3) is 5.91 Å². The maximum atomic E-state index is 12.1. The molecule has 0 aliphatic heterocycles. The lowest BCUT2D eigenvalue weighted by molar-refractivity contribution is 0.0743. The number of aliphatic hydroxyl groups excluding tert-OH is 1. The summed E-state index contributed by atoms with van der Waals surface area (Å²) >= 11 is 10.1. The number of rotatable bonds is 5. The standard InChI is InChI=1S/C12H14ClNO2S/c1-2-5-14(6-7-15)12(16)10-8-9(17)3-4-11(10)13/h2-4,8,15,17H,1,5-7H2. The lowest BCUT2D eigenvalue weighted by Crippen LogP contribution is -2.33. The molecule has 17 heavy (non-hydrogen) atoms. The number of hydrogen-bond donors (Lipinski definition) is 2. The first-order chi connectivity index (χ1) is 8.10. The summed E-state index contributed by atoms with van der Waals surface area (Å²) in [5.41, 5.74) is 0.384. The van der Waals surface area contributed by atoms with Crippen LogP contribution in [0.2, 0.25) is 5.02 Å². The second-order valence-electron chi connectivity index (χ2n) is 3.43. The molecule has 0 fully saturated rings. The summed E-state index contributed by atoms with van der Waals surface area (Å²) in [5, 5.41) is 9.28. The molecule has 0 saturated heterocycles. The second-order valence-corrected chi connectivity index (χ2v) is 4.35. The quantitative estimate of drug-likeness (QED) is 0.637. The Kier molecular flexibility index (Phi) is 5.55. The van der Waals surface area contributed by atoms with Crippen molar-refractivity contribution in [3.05, 3.63) is 41.4 Å². The van der Waals surface area contributed by atoms with E-state index in [0.717, 1.165) is 0 Å². The van der Waals surface area contributed by atoms with Gasteiger partial charge in [0.2, 0.25) is 0 Å². The van der Waals surface area contributed by atoms with Crippen LogP contribution in [0.25, 0.3) is 0 Å². The monoisotopic (exact) mass is 271 g/mol. The summed E-state index contributed by atoms with van der Waals surface area (Å²) < 4.78 is 0. The Hall–Kier alpha value is -0.970. The van der Waals surface area contributed by atoms with Crippen LogP contribution >= 0.6 is 24.2 Å². The summed E-state index contributed by atoms with van der Waals surface area (Å²) in [6.45, 7) is 4.09. The summed E-state index contributed by atoms with van der Waals surface area (Å²) in [7, 11) is 0. The Morgan fingerprint density at radius 2 is 2.29 bits per heavy atom. The molecule has 1 aromatic carbocycles. The first-order valence-electron chi connectivity index (χ1n) is 5.09. The third kappa shape index (κ3) is 3.77. The van der Waals surface area contributed by atoms with Gasteiger partial charge in [0.05, 0.1) is 17.2 Å². The highest BCUT2D eigenvalue weighted by atomic mass is 35.5. The molecule has 1 aromatic rings. The zero-order chi connectivity index (χ0) is 12.8. The van der Waals surface area contributed by atoms with Crippen LogP contribution < -0.4 is 0 Å². The zero-order valence-corrected chi connectivity index (χ0v) is 10.9. The molecular weight excluding hydrogens is 258 g/mol. The third-order valence-electron chi connectivity index (χ3n) is 2.19. The maximum absolute atomic E-state index is 12.1. The Balaban J connectivity index is 2.99. The minimum Gasteiger partial charge on any atom is -0.395 e. The van der Waals surface area contributed by atoms with Crippen LogP contribution in [-0.2, 0) is 0 Å². The Morgan fingerprint density at radius 3 is 2.88 bits per heavy atom. The van der Waals surface area contributed by atoms with Gasteiger partial charge in [-0.15, -0.1) is 19.2 Å². The molecule has 0 bridgehead atoms. The first kappa shape index (κ1) is 14.1. The summed E-state index contributed by atoms with van der Waals surface area (Å²) in [6, 6.07) is 4.95. The van der Waals surface area contributed by atoms with Gasteiger partial charge in [-0.25, -0.2) is 0 Å². The van der Waals surface area contributed by atoms with E-state index < -0.39 is 0 Å². The highest BCUT2D eigenvalue weighted by Gasteiger charge is 2.17. The van der Waals surface area contributed by atoms with Crippen LogP contribution in [-0.4, -0.2) is 35.6 Å². The number of aliphatic hydroxyl groups is 1. The van der Waals surface area contributed by atoms with E-state index >= 15 is 0 Å². The lowest BCUT2D eigenvalue weighted by atomic mass is 10.2. The molecule has 0 aliphatic carbocycles. The highest BCUT2D eigenvalue weighted by Crippen LogP contribution is 2.21. The molecule has 92 valence electrons. The molecule has 0 aliphatic rings. The van der Waals surface area contributed by atoms with Crippen LogP contribution in [0.5, 0.6) is 0 Å². The zero-order valence-electron chi connectivity index (χ0n) is 9.27. The van der Waals surface area contributed by atoms with E-state index in [9.17, 15) is 4.79 Å². The molecule has 1 amide bonds. The number of nitrogens with zero attached hydrogens (tertiary/aromatic N) is 1. The smallest absolute Gasteiger partial charge is 0.255 e. The van der Waals surface area contributed by atoms with Crippen molar-refractivity contribution in [2.75, 3.05) is 19.7 Å². The van der Waals surface area contributed by atoms with Crippen molar-refractivity contribution in [2.45, 2.75) is 4.90 Å². The number of halogens is 1. The second kappa shape index (κ2) is 6.69. The number of hydrogen-bond acceptors (Lipinski definition) is 3. The van der Waals surface area contributed by atoms with Gasteiger partial charge in [-0.3, -0.25) is 4.79 Å². The van der Waals surface area contributed by atoms with Crippen molar-refractivity contribution in [1.82, 2.24) is 4.90 Å². The van der Waals surface area contributed by atoms with E-state index in [0.29, 0.717) is 22.0 Å². The minimum atomic E-state index is -0.236. The van der Waals surface area contributed by atoms with Gasteiger partial charge in [0.15, 0.2) is 0 Å². The lowest BCUT2D eigenvalue weighted by Gasteiger charge is -2.20. The average Bonchev–Trinajstić information content (AvgIpc) is 2.31. The normalized spacial score (nSPS) is 10.1. The average molecular weight is 272 g/mol. The van der Waals surface area contributed by atoms with Gasteiger partial charge < -0.3 is 10.0 Å². The fraction of sp³-hybridized carbons (Fsp3) is 0.250. The van der Waals surface area contributed by atoms with Gasteiger partial charge in [-0.2, -0.15) is 0 Å². The van der Waals surface area contributed by atoms with E-state index in [1.54, 1.807) is 24.3 Å². The Labute approximate surface area is 111 Å². The molecule has 0 saturated carbocycles. The van der Waals surface area contributed by atoms with Gasteiger partial charge in [0.1, 0.15) is 0 Å². The van der Waals surface area contributed by atoms with Crippen LogP contribution in [0.4, 0.5) is 0 Å². The van der Waals surface area contributed by atoms with Crippen LogP contribution in [0, 0.1) is 0 Å². The number of thiol groups is 1. The van der Waals surface area contributed by atoms with Crippen LogP contribution in [0.15, 0.2) is 35.7 Å². The van der Waals surface area contributed by atoms with Crippen molar-refractivity contribution in [3.63, 3.8) is 0 Å². The van der Waals surface area contributed by atoms with Gasteiger partial charge >= 0.3 is 0 Å². The molecule has 0 radical (unpaired) electrons. The van der Waals surface area contributed by atoms with E-state index in [4.69, 9.17) is 16.7 Å². The highest BCUT2D eigenvalue weighted by molar-refractivity contribution is 7.80. The number of benzene rings is 1. The van der Waals surface area contributed by atoms with Crippen LogP contribution in [0.3, 0.4) is 0 Å². The van der Waals surface area contributed by atoms with Crippen molar-refractivity contribution in [2.24, 2.45) is 0 Å². The predicted octanol–water partition coefficient (Wildman–Crippen LogP) is 2.25. The van der Waals surface area contributed by atoms with E-state index in [2.05, 4.69) is 19.2 Å². The molecule has 5 heteroatoms. The number of carbonyl (C=O) groups is 1. The predicted molar refractivity (Wildman–Crippen MR) is 71.9 cm³/mol. The van der Waals surface area contributed by atoms with Gasteiger partial charge in [-0.1, -0.05) is 17.7 Å². The number of carbonyl (C=O) groups excluding carboxylic acids is 1. The Morgan fingerprint density at radius 1 is 1.59 bits per heavy atom. The van der Waals surface area contributed by atoms with Crippen molar-refractivity contribution in [1.29, 1.82) is 0 Å². The molecule has 1 rings (SSSR count). The minimum absolute atomic E-state index is 0.0994. The van der Waals surface area contributed by atoms with E-state index in [1.807, 2.05) is 0 Å². The molecule has 0 heterocycles. The summed E-state index contributed by atoms with van der Waals surface area (Å²) in [4.78, 5) is 14.3. The molecule has 0 unspecified atom stereocenters. The number of amides is 1. The Bertz CT molecular complexity index is 423. The topological polar surface area (TPSA) is 40.5 Å². The molecule has 3 nitrogen and oxygen atoms in total. The molecule has 0 aromatic heterocycles. The van der Waals surface area contributed by atoms with E-state index in [-0.39, 0.29) is 19.1 Å². The SMILES string of the molecule is C=CCN(CCO)C(=O)c1cc(S)ccc1Cl. The first-order valence-corrected chi connectivity index (χ1v) is 5.92. The molecule has 1 N–H and O–H groups in total. The fourth-order valence-electron chi connectivity index (χ4n) is 1.40. The maximum Gasteiger partial charge on any atom is 0.255 e. The van der Waals surface area contributed by atoms with Crippen LogP contribution in [0.1, 0.15) is 10.4 Å². The third-order valence-corrected chi connectivity index (χ3v) is 2.79. The summed E-state index contributed by atoms with van der Waals surface area (Å²) in [5.74, 6) is -0.236. The van der Waals surface area contributed by atoms with Crippen molar-refractivity contribution in [3.8, 4) is 0 Å². The van der Waals surface area contributed by atoms with Gasteiger partial charge in [-0.05, 0) is 18.2 Å². The van der Waals surface area contributed by atoms with Gasteiger partial charge in [0, 0.05) is 18.0 Å². The van der Waals surface area contributed by atoms with Crippen molar-refractivity contribution < 1.29 is 9.90 Å². The molecule has 0 atom stereocenters.